The summed E-state index contributed by atoms with van der Waals surface area (Å²) in [6.45, 7) is 8.40. The number of aromatic nitrogens is 4. The molecule has 0 spiro atoms. The van der Waals surface area contributed by atoms with E-state index in [1.165, 1.54) is 87.6 Å². The van der Waals surface area contributed by atoms with Crippen molar-refractivity contribution in [1.29, 1.82) is 0 Å². The Morgan fingerprint density at radius 1 is 0.245 bits per heavy atom. The van der Waals surface area contributed by atoms with Crippen molar-refractivity contribution in [3.63, 3.8) is 0 Å². The number of rotatable bonds is 8. The Labute approximate surface area is 601 Å². The molecule has 19 rings (SSSR count). The zero-order chi connectivity index (χ0) is 68.9. The number of pyridine rings is 4. The van der Waals surface area contributed by atoms with Crippen molar-refractivity contribution in [2.24, 2.45) is 0 Å². The van der Waals surface area contributed by atoms with Gasteiger partial charge in [-0.05, 0) is 173 Å². The van der Waals surface area contributed by atoms with Crippen LogP contribution in [0.5, 0.6) is 0 Å². The Bertz CT molecular complexity index is 6230. The van der Waals surface area contributed by atoms with Crippen molar-refractivity contribution < 1.29 is 9.31 Å². The summed E-state index contributed by atoms with van der Waals surface area (Å²) in [4.78, 5) is 19.8. The fraction of sp³-hybridized carbons (Fsp3) is 0.0638. The van der Waals surface area contributed by atoms with E-state index in [4.69, 9.17) is 24.3 Å². The standard InChI is InChI=1S/C44H28N2.C32H29BO2.C18H11BrN2/c1-2-11-30(12-3-1)41-26-22-31-20-21-32-23-27-42(46-44(32)43(31)45-41)40-25-24-37(38-17-6-7-18-39(38)40)34-15-8-14-33(28-34)36-19-9-13-29-10-4-5-16-35(29)36;1-31(2)32(3,4)35-33(34-31)30-20-19-27(28-16-7-8-17-29(28)30)24-14-9-13-23(21-24)26-18-10-12-22-11-5-6-15-25(22)26;19-16-11-9-14-7-6-13-8-10-15(12-4-2-1-3-5-12)20-17(13)18(14)21-16/h1-28H;5-21H,1-4H3;1-11H. The van der Waals surface area contributed by atoms with Gasteiger partial charge in [-0.15, -0.1) is 0 Å². The maximum atomic E-state index is 6.40. The van der Waals surface area contributed by atoms with Gasteiger partial charge in [-0.2, -0.15) is 0 Å². The second kappa shape index (κ2) is 26.7. The molecule has 18 aromatic rings. The first-order valence-corrected chi connectivity index (χ1v) is 35.5. The lowest BCUT2D eigenvalue weighted by atomic mass is 9.75. The molecule has 6 nitrogen and oxygen atoms in total. The van der Waals surface area contributed by atoms with Crippen molar-refractivity contribution in [3.8, 4) is 78.3 Å². The molecule has 0 N–H and O–H groups in total. The van der Waals surface area contributed by atoms with E-state index in [2.05, 4.69) is 358 Å². The third-order valence-electron chi connectivity index (χ3n) is 20.4. The predicted molar refractivity (Wildman–Crippen MR) is 432 cm³/mol. The molecule has 1 aliphatic heterocycles. The Morgan fingerprint density at radius 3 is 1.04 bits per heavy atom. The van der Waals surface area contributed by atoms with Gasteiger partial charge in [0, 0.05) is 38.2 Å². The summed E-state index contributed by atoms with van der Waals surface area (Å²) in [6.07, 6.45) is 0. The smallest absolute Gasteiger partial charge is 0.399 e. The van der Waals surface area contributed by atoms with Crippen LogP contribution < -0.4 is 5.46 Å². The Balaban J connectivity index is 0.000000122. The molecule has 0 amide bonds. The number of halogens is 1. The number of benzene rings is 14. The summed E-state index contributed by atoms with van der Waals surface area (Å²) in [5.74, 6) is 0. The van der Waals surface area contributed by atoms with Gasteiger partial charge in [-0.3, -0.25) is 0 Å². The van der Waals surface area contributed by atoms with Gasteiger partial charge in [0.05, 0.1) is 50.4 Å². The molecule has 4 aromatic heterocycles. The van der Waals surface area contributed by atoms with E-state index in [1.807, 2.05) is 30.3 Å². The molecule has 102 heavy (non-hydrogen) atoms. The minimum atomic E-state index is -0.388. The summed E-state index contributed by atoms with van der Waals surface area (Å²) >= 11 is 3.44. The zero-order valence-corrected chi connectivity index (χ0v) is 58.5. The number of hydrogen-bond acceptors (Lipinski definition) is 6. The molecule has 1 saturated heterocycles. The molecular weight excluding hydrogens is 1310 g/mol. The highest BCUT2D eigenvalue weighted by atomic mass is 79.9. The largest absolute Gasteiger partial charge is 0.495 e. The summed E-state index contributed by atoms with van der Waals surface area (Å²) in [5.41, 5.74) is 20.0. The fourth-order valence-corrected chi connectivity index (χ4v) is 14.7. The Hall–Kier alpha value is -11.8. The predicted octanol–water partition coefficient (Wildman–Crippen LogP) is 24.6. The van der Waals surface area contributed by atoms with Crippen molar-refractivity contribution in [2.45, 2.75) is 38.9 Å². The topological polar surface area (TPSA) is 70.0 Å². The van der Waals surface area contributed by atoms with Crippen LogP contribution in [-0.4, -0.2) is 38.3 Å². The molecule has 1 aliphatic rings. The summed E-state index contributed by atoms with van der Waals surface area (Å²) in [7, 11) is -0.388. The van der Waals surface area contributed by atoms with Crippen LogP contribution in [0.4, 0.5) is 0 Å². The monoisotopic (exact) mass is 1370 g/mol. The highest BCUT2D eigenvalue weighted by molar-refractivity contribution is 9.10. The molecule has 5 heterocycles. The molecular formula is C94H68BBrN4O2. The lowest BCUT2D eigenvalue weighted by Gasteiger charge is -2.32. The van der Waals surface area contributed by atoms with E-state index < -0.39 is 0 Å². The molecule has 0 aliphatic carbocycles. The highest BCUT2D eigenvalue weighted by Gasteiger charge is 2.52. The lowest BCUT2D eigenvalue weighted by molar-refractivity contribution is 0.00578. The fourth-order valence-electron chi connectivity index (χ4n) is 14.4. The summed E-state index contributed by atoms with van der Waals surface area (Å²) in [5, 5.41) is 14.2. The minimum Gasteiger partial charge on any atom is -0.399 e. The average Bonchev–Trinajstić information content (AvgIpc) is 1.19. The van der Waals surface area contributed by atoms with Gasteiger partial charge >= 0.3 is 7.12 Å². The van der Waals surface area contributed by atoms with E-state index >= 15 is 0 Å². The molecule has 1 fully saturated rings. The van der Waals surface area contributed by atoms with E-state index in [0.29, 0.717) is 0 Å². The van der Waals surface area contributed by atoms with Gasteiger partial charge < -0.3 is 9.31 Å². The first-order chi connectivity index (χ1) is 49.9. The zero-order valence-electron chi connectivity index (χ0n) is 56.9. The molecule has 14 aromatic carbocycles. The molecule has 0 unspecified atom stereocenters. The first-order valence-electron chi connectivity index (χ1n) is 34.7. The molecule has 8 heteroatoms. The SMILES string of the molecule is Brc1ccc2ccc3ccc(-c4ccccc4)nc3c2n1.CC1(C)OB(c2ccc(-c3cccc(-c4cccc5ccccc45)c3)c3ccccc23)OC1(C)C.c1ccc(-c2ccc3ccc4ccc(-c5ccc(-c6cccc(-c7cccc8ccccc78)c6)c6ccccc56)nc4c3n2)cc1. The second-order valence-electron chi connectivity index (χ2n) is 27.1. The maximum Gasteiger partial charge on any atom is 0.495 e. The van der Waals surface area contributed by atoms with Crippen LogP contribution in [0, 0.1) is 0 Å². The van der Waals surface area contributed by atoms with Gasteiger partial charge in [-0.25, -0.2) is 19.9 Å². The summed E-state index contributed by atoms with van der Waals surface area (Å²) < 4.78 is 13.6. The van der Waals surface area contributed by atoms with E-state index in [9.17, 15) is 0 Å². The van der Waals surface area contributed by atoms with Crippen molar-refractivity contribution in [1.82, 2.24) is 19.9 Å². The maximum absolute atomic E-state index is 6.40. The molecule has 486 valence electrons. The van der Waals surface area contributed by atoms with Crippen LogP contribution in [-0.2, 0) is 9.31 Å². The van der Waals surface area contributed by atoms with Crippen LogP contribution in [0.1, 0.15) is 27.7 Å². The molecule has 0 saturated carbocycles. The van der Waals surface area contributed by atoms with Crippen molar-refractivity contribution >= 4 is 115 Å². The van der Waals surface area contributed by atoms with Crippen LogP contribution in [0.15, 0.2) is 344 Å². The minimum absolute atomic E-state index is 0.371. The second-order valence-corrected chi connectivity index (χ2v) is 27.9. The number of nitrogens with zero attached hydrogens (tertiary/aromatic N) is 4. The van der Waals surface area contributed by atoms with Gasteiger partial charge in [0.2, 0.25) is 0 Å². The molecule has 0 atom stereocenters. The highest BCUT2D eigenvalue weighted by Crippen LogP contribution is 2.42. The third kappa shape index (κ3) is 12.1. The van der Waals surface area contributed by atoms with Crippen LogP contribution in [0.25, 0.3) is 165 Å². The van der Waals surface area contributed by atoms with Gasteiger partial charge in [0.15, 0.2) is 0 Å². The van der Waals surface area contributed by atoms with E-state index in [-0.39, 0.29) is 18.3 Å². The summed E-state index contributed by atoms with van der Waals surface area (Å²) in [6, 6.07) is 120. The van der Waals surface area contributed by atoms with E-state index in [1.54, 1.807) is 0 Å². The van der Waals surface area contributed by atoms with Crippen molar-refractivity contribution in [2.75, 3.05) is 0 Å². The average molecular weight is 1380 g/mol. The number of hydrogen-bond donors (Lipinski definition) is 0. The van der Waals surface area contributed by atoms with Gasteiger partial charge in [0.1, 0.15) is 4.60 Å². The van der Waals surface area contributed by atoms with Crippen molar-refractivity contribution in [3.05, 3.63) is 344 Å². The Morgan fingerprint density at radius 2 is 0.559 bits per heavy atom. The van der Waals surface area contributed by atoms with Crippen LogP contribution in [0.2, 0.25) is 0 Å². The first kappa shape index (κ1) is 63.7. The quantitative estimate of drug-likeness (QED) is 0.0858. The third-order valence-corrected chi connectivity index (χ3v) is 20.8. The molecule has 0 radical (unpaired) electrons. The normalized spacial score (nSPS) is 13.2. The lowest BCUT2D eigenvalue weighted by Crippen LogP contribution is -2.41. The van der Waals surface area contributed by atoms with E-state index in [0.717, 1.165) is 87.4 Å². The molecule has 0 bridgehead atoms. The van der Waals surface area contributed by atoms with Gasteiger partial charge in [-0.1, -0.05) is 303 Å². The van der Waals surface area contributed by atoms with Crippen LogP contribution in [0.3, 0.4) is 0 Å². The van der Waals surface area contributed by atoms with Crippen LogP contribution >= 0.6 is 15.9 Å². The Kier molecular flexibility index (Phi) is 16.7. The van der Waals surface area contributed by atoms with Gasteiger partial charge in [0.25, 0.3) is 0 Å². The number of fused-ring (bicyclic) bond motifs is 10.